The molecule has 0 bridgehead atoms. The Labute approximate surface area is 226 Å². The molecule has 1 aliphatic rings. The lowest BCUT2D eigenvalue weighted by atomic mass is 10.1. The maximum atomic E-state index is 12.7. The van der Waals surface area contributed by atoms with Crippen LogP contribution in [0.4, 0.5) is 5.69 Å². The van der Waals surface area contributed by atoms with Gasteiger partial charge in [0.2, 0.25) is 5.82 Å². The summed E-state index contributed by atoms with van der Waals surface area (Å²) in [6.45, 7) is 13.3. The molecule has 3 aromatic rings. The second-order valence-electron chi connectivity index (χ2n) is 9.35. The third kappa shape index (κ3) is 5.90. The van der Waals surface area contributed by atoms with Crippen LogP contribution in [0, 0.1) is 20.8 Å². The zero-order chi connectivity index (χ0) is 27.4. The number of rotatable bonds is 12. The first-order valence-corrected chi connectivity index (χ1v) is 13.9. The number of likely N-dealkylation sites (N-methyl/N-ethyl adjacent to an activating group) is 1. The summed E-state index contributed by atoms with van der Waals surface area (Å²) in [6, 6.07) is 11.3. The van der Waals surface area contributed by atoms with Crippen LogP contribution in [0.25, 0.3) is 0 Å². The number of aliphatic hydroxyl groups excluding tert-OH is 1. The fraction of sp³-hybridized carbons (Fsp3) is 0.444. The van der Waals surface area contributed by atoms with Crippen LogP contribution in [0.1, 0.15) is 67.7 Å². The molecule has 0 saturated heterocycles. The summed E-state index contributed by atoms with van der Waals surface area (Å²) in [5.74, 6) is 2.39. The van der Waals surface area contributed by atoms with Crippen molar-refractivity contribution >= 4 is 22.7 Å². The van der Waals surface area contributed by atoms with Crippen molar-refractivity contribution in [3.8, 4) is 11.5 Å². The summed E-state index contributed by atoms with van der Waals surface area (Å²) in [7, 11) is 0. The lowest BCUT2D eigenvalue weighted by molar-refractivity contribution is 0.263. The van der Waals surface area contributed by atoms with Gasteiger partial charge in [0, 0.05) is 18.8 Å². The number of aliphatic hydroxyl groups is 1. The first kappa shape index (κ1) is 27.7. The van der Waals surface area contributed by atoms with Gasteiger partial charge in [-0.2, -0.15) is 18.7 Å². The molecule has 38 heavy (non-hydrogen) atoms. The van der Waals surface area contributed by atoms with Crippen LogP contribution in [-0.4, -0.2) is 49.6 Å². The molecule has 0 amide bonds. The second kappa shape index (κ2) is 12.1. The first-order chi connectivity index (χ1) is 18.2. The van der Waals surface area contributed by atoms with E-state index in [0.717, 1.165) is 40.4 Å². The maximum absolute atomic E-state index is 12.7. The van der Waals surface area contributed by atoms with E-state index in [1.54, 1.807) is 4.68 Å². The van der Waals surface area contributed by atoms with Crippen molar-refractivity contribution in [1.29, 1.82) is 0 Å². The van der Waals surface area contributed by atoms with E-state index in [0.29, 0.717) is 30.4 Å². The molecule has 0 aliphatic carbocycles. The van der Waals surface area contributed by atoms with Crippen LogP contribution in [0.5, 0.6) is 11.5 Å². The number of anilines is 1. The highest BCUT2D eigenvalue weighted by Crippen LogP contribution is 2.33. The van der Waals surface area contributed by atoms with Gasteiger partial charge in [0.05, 0.1) is 18.4 Å². The van der Waals surface area contributed by atoms with E-state index in [2.05, 4.69) is 32.8 Å². The van der Waals surface area contributed by atoms with Crippen molar-refractivity contribution in [3.05, 3.63) is 64.7 Å². The van der Waals surface area contributed by atoms with Crippen LogP contribution in [-0.2, 0) is 11.3 Å². The normalized spacial score (nSPS) is 16.1. The molecule has 3 atom stereocenters. The van der Waals surface area contributed by atoms with Gasteiger partial charge in [0.25, 0.3) is 11.3 Å². The monoisotopic (exact) mass is 540 g/mol. The lowest BCUT2D eigenvalue weighted by Crippen LogP contribution is -2.27. The summed E-state index contributed by atoms with van der Waals surface area (Å²) in [5.41, 5.74) is 4.76. The molecule has 10 nitrogen and oxygen atoms in total. The van der Waals surface area contributed by atoms with Gasteiger partial charge in [-0.25, -0.2) is 0 Å². The Morgan fingerprint density at radius 3 is 2.58 bits per heavy atom. The minimum atomic E-state index is -1.79. The van der Waals surface area contributed by atoms with E-state index in [4.69, 9.17) is 14.0 Å². The molecule has 11 heteroatoms. The molecular formula is C27H36N6O4S. The smallest absolute Gasteiger partial charge is 0.288 e. The number of aromatic nitrogens is 3. The molecule has 204 valence electrons. The number of ether oxygens (including phenoxy) is 1. The average Bonchev–Trinajstić information content (AvgIpc) is 3.45. The fourth-order valence-corrected chi connectivity index (χ4v) is 5.11. The Morgan fingerprint density at radius 1 is 1.11 bits per heavy atom. The molecule has 2 heterocycles. The third-order valence-corrected chi connectivity index (χ3v) is 7.38. The molecule has 1 aliphatic heterocycles. The van der Waals surface area contributed by atoms with Gasteiger partial charge in [0.15, 0.2) is 11.9 Å². The SMILES string of the molecule is CCC1=Nn2c(C(C)NS(=O)Oc3cc(C)ccc3C)nnc2C1Oc1ccc(N(CC)CCO)cc1C. The number of hydrogen-bond acceptors (Lipinski definition) is 8. The minimum Gasteiger partial charge on any atom is -0.476 e. The predicted octanol–water partition coefficient (Wildman–Crippen LogP) is 4.08. The Bertz CT molecular complexity index is 1340. The summed E-state index contributed by atoms with van der Waals surface area (Å²) in [6.07, 6.45) is 0.197. The number of hydrogen-bond donors (Lipinski definition) is 2. The topological polar surface area (TPSA) is 114 Å². The number of nitrogens with one attached hydrogen (secondary N) is 1. The minimum absolute atomic E-state index is 0.0973. The summed E-state index contributed by atoms with van der Waals surface area (Å²) in [5, 5.41) is 22.8. The number of nitrogens with zero attached hydrogens (tertiary/aromatic N) is 5. The highest BCUT2D eigenvalue weighted by atomic mass is 32.2. The first-order valence-electron chi connectivity index (χ1n) is 12.8. The average molecular weight is 541 g/mol. The van der Waals surface area contributed by atoms with Crippen LogP contribution < -0.4 is 18.5 Å². The predicted molar refractivity (Wildman–Crippen MR) is 149 cm³/mol. The van der Waals surface area contributed by atoms with Crippen LogP contribution in [0.3, 0.4) is 0 Å². The molecule has 2 N–H and O–H groups in total. The van der Waals surface area contributed by atoms with Crippen molar-refractivity contribution in [2.24, 2.45) is 5.10 Å². The Morgan fingerprint density at radius 2 is 1.89 bits per heavy atom. The number of fused-ring (bicyclic) bond motifs is 1. The number of benzene rings is 2. The van der Waals surface area contributed by atoms with Crippen molar-refractivity contribution in [2.75, 3.05) is 24.6 Å². The van der Waals surface area contributed by atoms with Crippen molar-refractivity contribution in [3.63, 3.8) is 0 Å². The van der Waals surface area contributed by atoms with Gasteiger partial charge >= 0.3 is 0 Å². The Hall–Kier alpha value is -3.28. The van der Waals surface area contributed by atoms with E-state index in [-0.39, 0.29) is 6.61 Å². The molecule has 0 saturated carbocycles. The summed E-state index contributed by atoms with van der Waals surface area (Å²) in [4.78, 5) is 2.11. The zero-order valence-electron chi connectivity index (χ0n) is 22.8. The van der Waals surface area contributed by atoms with Crippen LogP contribution in [0.2, 0.25) is 0 Å². The van der Waals surface area contributed by atoms with E-state index in [1.807, 2.05) is 65.0 Å². The Balaban J connectivity index is 1.50. The highest BCUT2D eigenvalue weighted by Gasteiger charge is 2.35. The summed E-state index contributed by atoms with van der Waals surface area (Å²) >= 11 is -1.79. The van der Waals surface area contributed by atoms with Crippen LogP contribution in [0.15, 0.2) is 41.5 Å². The van der Waals surface area contributed by atoms with Crippen molar-refractivity contribution in [1.82, 2.24) is 19.6 Å². The quantitative estimate of drug-likeness (QED) is 0.356. The largest absolute Gasteiger partial charge is 0.476 e. The van der Waals surface area contributed by atoms with Gasteiger partial charge < -0.3 is 18.9 Å². The van der Waals surface area contributed by atoms with Gasteiger partial charge in [-0.05, 0) is 82.0 Å². The van der Waals surface area contributed by atoms with Crippen LogP contribution >= 0.6 is 0 Å². The molecule has 0 spiro atoms. The molecule has 0 radical (unpaired) electrons. The van der Waals surface area contributed by atoms with E-state index >= 15 is 0 Å². The third-order valence-electron chi connectivity index (χ3n) is 6.51. The van der Waals surface area contributed by atoms with E-state index in [9.17, 15) is 9.32 Å². The van der Waals surface area contributed by atoms with E-state index in [1.165, 1.54) is 0 Å². The van der Waals surface area contributed by atoms with E-state index < -0.39 is 23.4 Å². The molecule has 1 aromatic heterocycles. The maximum Gasteiger partial charge on any atom is 0.288 e. The molecule has 2 aromatic carbocycles. The molecule has 4 rings (SSSR count). The Kier molecular flexibility index (Phi) is 8.80. The van der Waals surface area contributed by atoms with Gasteiger partial charge in [0.1, 0.15) is 11.5 Å². The lowest BCUT2D eigenvalue weighted by Gasteiger charge is -2.23. The molecular weight excluding hydrogens is 504 g/mol. The molecule has 3 unspecified atom stereocenters. The van der Waals surface area contributed by atoms with Crippen molar-refractivity contribution < 1.29 is 18.2 Å². The number of aryl methyl sites for hydroxylation is 3. The van der Waals surface area contributed by atoms with Gasteiger partial charge in [-0.1, -0.05) is 19.1 Å². The highest BCUT2D eigenvalue weighted by molar-refractivity contribution is 7.78. The van der Waals surface area contributed by atoms with Gasteiger partial charge in [-0.3, -0.25) is 0 Å². The summed E-state index contributed by atoms with van der Waals surface area (Å²) < 4.78 is 29.4. The van der Waals surface area contributed by atoms with Gasteiger partial charge in [-0.15, -0.1) is 10.2 Å². The second-order valence-corrected chi connectivity index (χ2v) is 10.2. The fourth-order valence-electron chi connectivity index (χ4n) is 4.33. The zero-order valence-corrected chi connectivity index (χ0v) is 23.6. The standard InChI is InChI=1S/C27H36N6O4S/c1-7-22-25(36-23-12-11-21(16-19(23)5)32(8-2)13-14-34)27-29-28-26(33(27)30-22)20(6)31-38(35)37-24-15-17(3)9-10-18(24)4/h9-12,15-16,20,25,31,34H,7-8,13-14H2,1-6H3. The molecule has 0 fully saturated rings. The van der Waals surface area contributed by atoms with Crippen molar-refractivity contribution in [2.45, 2.75) is 60.1 Å².